The van der Waals surface area contributed by atoms with E-state index in [4.69, 9.17) is 4.74 Å². The SMILES string of the molecule is [Br-].c1ccc(CCCOc2ccccc2C[P+](c2ccccc2)(c2ccccc2)c2ccccc2)cc1. The highest BCUT2D eigenvalue weighted by atomic mass is 79.9. The zero-order valence-corrected chi connectivity index (χ0v) is 23.4. The van der Waals surface area contributed by atoms with Crippen LogP contribution in [0, 0.1) is 0 Å². The Hall–Kier alpha value is -3.19. The highest BCUT2D eigenvalue weighted by molar-refractivity contribution is 7.95. The van der Waals surface area contributed by atoms with E-state index in [9.17, 15) is 0 Å². The Labute approximate surface area is 232 Å². The van der Waals surface area contributed by atoms with Gasteiger partial charge in [0.25, 0.3) is 0 Å². The molecule has 0 aliphatic rings. The summed E-state index contributed by atoms with van der Waals surface area (Å²) < 4.78 is 6.43. The van der Waals surface area contributed by atoms with Crippen LogP contribution in [0.15, 0.2) is 146 Å². The van der Waals surface area contributed by atoms with Crippen LogP contribution >= 0.6 is 7.26 Å². The molecule has 0 saturated heterocycles. The Kier molecular flexibility index (Phi) is 9.71. The van der Waals surface area contributed by atoms with Gasteiger partial charge in [0.15, 0.2) is 0 Å². The molecule has 0 heterocycles. The van der Waals surface area contributed by atoms with Crippen molar-refractivity contribution in [2.75, 3.05) is 6.61 Å². The number of para-hydroxylation sites is 1. The molecule has 0 aliphatic carbocycles. The van der Waals surface area contributed by atoms with Crippen molar-refractivity contribution < 1.29 is 21.7 Å². The quantitative estimate of drug-likeness (QED) is 0.182. The van der Waals surface area contributed by atoms with Crippen LogP contribution in [0.2, 0.25) is 0 Å². The third-order valence-corrected chi connectivity index (χ3v) is 11.0. The van der Waals surface area contributed by atoms with Crippen molar-refractivity contribution in [3.8, 4) is 5.75 Å². The fourth-order valence-electron chi connectivity index (χ4n) is 4.90. The number of hydrogen-bond donors (Lipinski definition) is 0. The van der Waals surface area contributed by atoms with Crippen molar-refractivity contribution >= 4 is 23.2 Å². The van der Waals surface area contributed by atoms with Gasteiger partial charge in [-0.1, -0.05) is 103 Å². The van der Waals surface area contributed by atoms with Crippen LogP contribution in [-0.2, 0) is 12.6 Å². The summed E-state index contributed by atoms with van der Waals surface area (Å²) in [5, 5.41) is 4.17. The molecule has 0 atom stereocenters. The molecule has 0 saturated carbocycles. The van der Waals surface area contributed by atoms with Gasteiger partial charge in [-0.25, -0.2) is 0 Å². The molecule has 0 amide bonds. The van der Waals surface area contributed by atoms with Crippen molar-refractivity contribution in [2.24, 2.45) is 0 Å². The summed E-state index contributed by atoms with van der Waals surface area (Å²) in [6.07, 6.45) is 2.94. The summed E-state index contributed by atoms with van der Waals surface area (Å²) in [5.74, 6) is 0.998. The van der Waals surface area contributed by atoms with Gasteiger partial charge in [-0.2, -0.15) is 0 Å². The van der Waals surface area contributed by atoms with E-state index in [1.165, 1.54) is 27.0 Å². The molecular weight excluding hydrogens is 535 g/mol. The molecule has 5 aromatic rings. The first-order valence-corrected chi connectivity index (χ1v) is 14.6. The first-order chi connectivity index (χ1) is 17.9. The predicted octanol–water partition coefficient (Wildman–Crippen LogP) is 4.20. The normalized spacial score (nSPS) is 10.9. The van der Waals surface area contributed by atoms with E-state index >= 15 is 0 Å². The van der Waals surface area contributed by atoms with E-state index < -0.39 is 7.26 Å². The van der Waals surface area contributed by atoms with Crippen molar-refractivity contribution in [1.29, 1.82) is 0 Å². The maximum absolute atomic E-state index is 6.43. The lowest BCUT2D eigenvalue weighted by Gasteiger charge is -2.28. The molecule has 0 N–H and O–H groups in total. The Morgan fingerprint density at radius 3 is 1.43 bits per heavy atom. The zero-order chi connectivity index (χ0) is 24.5. The Morgan fingerprint density at radius 1 is 0.486 bits per heavy atom. The maximum Gasteiger partial charge on any atom is 0.126 e. The van der Waals surface area contributed by atoms with Gasteiger partial charge < -0.3 is 21.7 Å². The average molecular weight is 568 g/mol. The van der Waals surface area contributed by atoms with E-state index in [1.54, 1.807) is 0 Å². The minimum Gasteiger partial charge on any atom is -1.00 e. The standard InChI is InChI=1S/C34H32OP.BrH/c1-5-16-29(17-6-1)18-15-27-35-34-26-14-13-19-30(34)28-36(31-20-7-2-8-21-31,32-22-9-3-10-23-32)33-24-11-4-12-25-33;/h1-14,16-17,19-26H,15,18,27-28H2;1H/q+1;/p-1. The van der Waals surface area contributed by atoms with Gasteiger partial charge in [-0.3, -0.25) is 0 Å². The molecule has 0 unspecified atom stereocenters. The van der Waals surface area contributed by atoms with Crippen molar-refractivity contribution in [2.45, 2.75) is 19.0 Å². The lowest BCUT2D eigenvalue weighted by Crippen LogP contribution is -3.00. The Bertz CT molecular complexity index is 1250. The lowest BCUT2D eigenvalue weighted by molar-refractivity contribution is -0.00000743. The molecular formula is C34H32BrOP. The molecule has 3 heteroatoms. The van der Waals surface area contributed by atoms with Crippen LogP contribution in [0.25, 0.3) is 0 Å². The summed E-state index contributed by atoms with van der Waals surface area (Å²) in [5.41, 5.74) is 2.62. The monoisotopic (exact) mass is 566 g/mol. The number of ether oxygens (including phenoxy) is 1. The van der Waals surface area contributed by atoms with Crippen molar-refractivity contribution in [3.05, 3.63) is 157 Å². The van der Waals surface area contributed by atoms with E-state index in [-0.39, 0.29) is 17.0 Å². The zero-order valence-electron chi connectivity index (χ0n) is 20.9. The van der Waals surface area contributed by atoms with Crippen LogP contribution in [-0.4, -0.2) is 6.61 Å². The molecule has 0 spiro atoms. The van der Waals surface area contributed by atoms with Crippen LogP contribution in [0.5, 0.6) is 5.75 Å². The smallest absolute Gasteiger partial charge is 0.126 e. The van der Waals surface area contributed by atoms with Gasteiger partial charge in [-0.05, 0) is 60.9 Å². The van der Waals surface area contributed by atoms with Crippen LogP contribution in [0.3, 0.4) is 0 Å². The van der Waals surface area contributed by atoms with Gasteiger partial charge in [0.1, 0.15) is 35.1 Å². The molecule has 0 aromatic heterocycles. The third kappa shape index (κ3) is 6.39. The molecule has 1 nitrogen and oxygen atoms in total. The summed E-state index contributed by atoms with van der Waals surface area (Å²) in [4.78, 5) is 0. The minimum atomic E-state index is -1.97. The van der Waals surface area contributed by atoms with Gasteiger partial charge in [-0.15, -0.1) is 0 Å². The van der Waals surface area contributed by atoms with Crippen molar-refractivity contribution in [1.82, 2.24) is 0 Å². The highest BCUT2D eigenvalue weighted by Crippen LogP contribution is 2.58. The predicted molar refractivity (Wildman–Crippen MR) is 156 cm³/mol. The number of aryl methyl sites for hydroxylation is 1. The topological polar surface area (TPSA) is 9.23 Å². The van der Waals surface area contributed by atoms with Gasteiger partial charge in [0.05, 0.1) is 6.61 Å². The fourth-order valence-corrected chi connectivity index (χ4v) is 9.16. The Morgan fingerprint density at radius 2 is 0.919 bits per heavy atom. The first kappa shape index (κ1) is 26.9. The summed E-state index contributed by atoms with van der Waals surface area (Å²) in [6, 6.07) is 52.4. The fraction of sp³-hybridized carbons (Fsp3) is 0.118. The second-order valence-corrected chi connectivity index (χ2v) is 12.5. The minimum absolute atomic E-state index is 0. The number of benzene rings is 5. The summed E-state index contributed by atoms with van der Waals surface area (Å²) >= 11 is 0. The number of halogens is 1. The molecule has 186 valence electrons. The lowest BCUT2D eigenvalue weighted by atomic mass is 10.1. The largest absolute Gasteiger partial charge is 1.00 e. The van der Waals surface area contributed by atoms with Crippen LogP contribution in [0.4, 0.5) is 0 Å². The molecule has 0 fully saturated rings. The summed E-state index contributed by atoms with van der Waals surface area (Å²) in [7, 11) is -1.97. The molecule has 0 bridgehead atoms. The van der Waals surface area contributed by atoms with Gasteiger partial charge in [0, 0.05) is 5.56 Å². The Balaban J connectivity index is 0.00000320. The van der Waals surface area contributed by atoms with Crippen LogP contribution in [0.1, 0.15) is 17.5 Å². The number of rotatable bonds is 10. The second-order valence-electron chi connectivity index (χ2n) is 9.02. The molecule has 5 aromatic carbocycles. The molecule has 5 rings (SSSR count). The second kappa shape index (κ2) is 13.4. The first-order valence-electron chi connectivity index (χ1n) is 12.7. The van der Waals surface area contributed by atoms with E-state index in [0.29, 0.717) is 6.61 Å². The van der Waals surface area contributed by atoms with Crippen LogP contribution < -0.4 is 37.6 Å². The molecule has 0 aliphatic heterocycles. The molecule has 0 radical (unpaired) electrons. The van der Waals surface area contributed by atoms with Gasteiger partial charge in [0.2, 0.25) is 0 Å². The summed E-state index contributed by atoms with van der Waals surface area (Å²) in [6.45, 7) is 0.708. The average Bonchev–Trinajstić information content (AvgIpc) is 2.97. The molecule has 37 heavy (non-hydrogen) atoms. The van der Waals surface area contributed by atoms with Crippen molar-refractivity contribution in [3.63, 3.8) is 0 Å². The number of hydrogen-bond acceptors (Lipinski definition) is 1. The maximum atomic E-state index is 6.43. The third-order valence-electron chi connectivity index (χ3n) is 6.68. The van der Waals surface area contributed by atoms with E-state index in [2.05, 4.69) is 146 Å². The van der Waals surface area contributed by atoms with Gasteiger partial charge >= 0.3 is 0 Å². The highest BCUT2D eigenvalue weighted by Gasteiger charge is 2.45. The van der Waals surface area contributed by atoms with E-state index in [0.717, 1.165) is 24.8 Å². The van der Waals surface area contributed by atoms with E-state index in [1.807, 2.05) is 0 Å².